The van der Waals surface area contributed by atoms with Gasteiger partial charge in [-0.15, -0.1) is 0 Å². The van der Waals surface area contributed by atoms with Crippen LogP contribution in [0.3, 0.4) is 0 Å². The molecule has 3 aromatic rings. The lowest BCUT2D eigenvalue weighted by atomic mass is 10.0. The van der Waals surface area contributed by atoms with Gasteiger partial charge in [0.05, 0.1) is 24.7 Å². The molecule has 0 radical (unpaired) electrons. The lowest BCUT2D eigenvalue weighted by molar-refractivity contribution is -0.412. The molecule has 0 fully saturated rings. The van der Waals surface area contributed by atoms with Crippen LogP contribution in [0.1, 0.15) is 11.1 Å². The van der Waals surface area contributed by atoms with Crippen LogP contribution in [0.5, 0.6) is 5.75 Å². The fourth-order valence-electron chi connectivity index (χ4n) is 3.01. The number of rotatable bonds is 5. The third-order valence-corrected chi connectivity index (χ3v) is 4.38. The van der Waals surface area contributed by atoms with Crippen molar-refractivity contribution in [2.75, 3.05) is 14.2 Å². The first-order chi connectivity index (χ1) is 13.1. The molecular weight excluding hydrogens is 345 g/mol. The van der Waals surface area contributed by atoms with Crippen molar-refractivity contribution < 1.29 is 14.1 Å². The minimum absolute atomic E-state index is 0.0973. The highest BCUT2D eigenvalue weighted by atomic mass is 19.1. The first kappa shape index (κ1) is 18.4. The second-order valence-corrected chi connectivity index (χ2v) is 6.02. The second-order valence-electron chi connectivity index (χ2n) is 6.02. The Morgan fingerprint density at radius 3 is 2.70 bits per heavy atom. The summed E-state index contributed by atoms with van der Waals surface area (Å²) in [6, 6.07) is 14.0. The molecule has 138 valence electrons. The van der Waals surface area contributed by atoms with Gasteiger partial charge in [-0.1, -0.05) is 30.3 Å². The lowest BCUT2D eigenvalue weighted by Crippen LogP contribution is -2.63. The molecule has 0 saturated heterocycles. The summed E-state index contributed by atoms with van der Waals surface area (Å²) < 4.78 is 21.5. The molecule has 6 heteroatoms. The van der Waals surface area contributed by atoms with E-state index in [1.165, 1.54) is 23.9 Å². The average molecular weight is 366 g/mol. The van der Waals surface area contributed by atoms with Crippen LogP contribution in [-0.2, 0) is 6.54 Å². The van der Waals surface area contributed by atoms with Crippen LogP contribution in [0, 0.1) is 5.82 Å². The Bertz CT molecular complexity index is 1100. The monoisotopic (exact) mass is 366 g/mol. The number of allylic oxidation sites excluding steroid dienone is 1. The number of hydrogen-bond donors (Lipinski definition) is 2. The lowest BCUT2D eigenvalue weighted by Gasteiger charge is -2.13. The molecule has 0 aliphatic carbocycles. The highest BCUT2D eigenvalue weighted by Gasteiger charge is 2.13. The van der Waals surface area contributed by atoms with Crippen LogP contribution in [0.2, 0.25) is 0 Å². The molecule has 0 amide bonds. The molecular formula is C21H21FN3O2+. The molecule has 1 aromatic heterocycles. The van der Waals surface area contributed by atoms with Crippen molar-refractivity contribution in [3.8, 4) is 5.75 Å². The highest BCUT2D eigenvalue weighted by Crippen LogP contribution is 2.21. The van der Waals surface area contributed by atoms with Crippen molar-refractivity contribution >= 4 is 22.7 Å². The zero-order chi connectivity index (χ0) is 19.4. The molecule has 0 bridgehead atoms. The Balaban J connectivity index is 2.08. The summed E-state index contributed by atoms with van der Waals surface area (Å²) in [7, 11) is 3.19. The summed E-state index contributed by atoms with van der Waals surface area (Å²) in [4.78, 5) is 15.6. The van der Waals surface area contributed by atoms with Crippen LogP contribution < -0.4 is 21.0 Å². The third-order valence-electron chi connectivity index (χ3n) is 4.38. The van der Waals surface area contributed by atoms with Gasteiger partial charge < -0.3 is 15.0 Å². The normalized spacial score (nSPS) is 12.0. The van der Waals surface area contributed by atoms with E-state index >= 15 is 0 Å². The Labute approximate surface area is 156 Å². The van der Waals surface area contributed by atoms with E-state index in [2.05, 4.69) is 4.99 Å². The number of aromatic nitrogens is 1. The largest absolute Gasteiger partial charge is 0.491 e. The maximum absolute atomic E-state index is 14.7. The number of hydrogen-bond acceptors (Lipinski definition) is 3. The number of benzene rings is 2. The summed E-state index contributed by atoms with van der Waals surface area (Å²) in [5, 5.41) is 0.850. The zero-order valence-corrected chi connectivity index (χ0v) is 15.2. The van der Waals surface area contributed by atoms with Crippen molar-refractivity contribution in [1.29, 1.82) is 0 Å². The minimum atomic E-state index is -0.407. The van der Waals surface area contributed by atoms with E-state index in [0.717, 1.165) is 10.9 Å². The summed E-state index contributed by atoms with van der Waals surface area (Å²) >= 11 is 0. The smallest absolute Gasteiger partial charge is 0.293 e. The number of para-hydroxylation sites is 1. The van der Waals surface area contributed by atoms with Gasteiger partial charge in [0.2, 0.25) is 0 Å². The van der Waals surface area contributed by atoms with E-state index in [1.54, 1.807) is 31.5 Å². The number of halogens is 1. The maximum atomic E-state index is 14.7. The Hall–Kier alpha value is -3.41. The van der Waals surface area contributed by atoms with Crippen LogP contribution in [0.25, 0.3) is 16.5 Å². The van der Waals surface area contributed by atoms with Crippen molar-refractivity contribution in [2.24, 2.45) is 5.73 Å². The molecule has 1 heterocycles. The van der Waals surface area contributed by atoms with Crippen LogP contribution >= 0.6 is 0 Å². The van der Waals surface area contributed by atoms with Gasteiger partial charge in [-0.3, -0.25) is 9.79 Å². The Morgan fingerprint density at radius 2 is 2.04 bits per heavy atom. The van der Waals surface area contributed by atoms with E-state index in [9.17, 15) is 9.18 Å². The Morgan fingerprint density at radius 1 is 1.26 bits per heavy atom. The summed E-state index contributed by atoms with van der Waals surface area (Å²) in [5.41, 5.74) is 7.75. The van der Waals surface area contributed by atoms with Crippen molar-refractivity contribution in [3.63, 3.8) is 0 Å². The SMILES string of the molecule is C[NH+]=CC(=CN)c1ccc(Cn2c(=O)c(OC)cc3ccccc32)c(F)c1. The molecule has 0 atom stereocenters. The second kappa shape index (κ2) is 7.86. The van der Waals surface area contributed by atoms with Crippen LogP contribution in [-0.4, -0.2) is 24.9 Å². The van der Waals surface area contributed by atoms with Gasteiger partial charge in [0.1, 0.15) is 12.9 Å². The van der Waals surface area contributed by atoms with Crippen LogP contribution in [0.4, 0.5) is 4.39 Å². The standard InChI is InChI=1S/C21H20FN3O2/c1-24-12-17(11-23)14-7-8-16(18(22)9-14)13-25-19-6-4-3-5-15(19)10-20(27-2)21(25)26/h3-12H,13,23H2,1-2H3/p+1. The third kappa shape index (κ3) is 3.60. The molecule has 3 N–H and O–H groups in total. The molecule has 0 aliphatic heterocycles. The number of pyridine rings is 1. The van der Waals surface area contributed by atoms with Crippen molar-refractivity contribution in [2.45, 2.75) is 6.54 Å². The fourth-order valence-corrected chi connectivity index (χ4v) is 3.01. The number of nitrogens with zero attached hydrogens (tertiary/aromatic N) is 1. The number of fused-ring (bicyclic) bond motifs is 1. The molecule has 0 spiro atoms. The zero-order valence-electron chi connectivity index (χ0n) is 15.2. The minimum Gasteiger partial charge on any atom is -0.491 e. The van der Waals surface area contributed by atoms with Crippen molar-refractivity contribution in [1.82, 2.24) is 4.57 Å². The maximum Gasteiger partial charge on any atom is 0.293 e. The van der Waals surface area contributed by atoms with Crippen LogP contribution in [0.15, 0.2) is 59.5 Å². The van der Waals surface area contributed by atoms with Gasteiger partial charge in [0.15, 0.2) is 12.0 Å². The van der Waals surface area contributed by atoms with Crippen molar-refractivity contribution in [3.05, 3.63) is 82.0 Å². The van der Waals surface area contributed by atoms with Gasteiger partial charge >= 0.3 is 0 Å². The van der Waals surface area contributed by atoms with E-state index < -0.39 is 5.82 Å². The van der Waals surface area contributed by atoms with E-state index in [1.807, 2.05) is 24.3 Å². The van der Waals surface area contributed by atoms with E-state index in [-0.39, 0.29) is 17.9 Å². The van der Waals surface area contributed by atoms with Gasteiger partial charge in [-0.2, -0.15) is 0 Å². The molecule has 0 unspecified atom stereocenters. The predicted octanol–water partition coefficient (Wildman–Crippen LogP) is 1.28. The molecule has 27 heavy (non-hydrogen) atoms. The number of nitrogens with two attached hydrogens (primary N) is 1. The van der Waals surface area contributed by atoms with E-state index in [4.69, 9.17) is 10.5 Å². The molecule has 5 nitrogen and oxygen atoms in total. The first-order valence-corrected chi connectivity index (χ1v) is 8.46. The van der Waals surface area contributed by atoms with Gasteiger partial charge in [-0.25, -0.2) is 4.39 Å². The molecule has 0 aliphatic rings. The summed E-state index contributed by atoms with van der Waals surface area (Å²) in [5.74, 6) is -0.183. The molecule has 2 aromatic carbocycles. The fraction of sp³-hybridized carbons (Fsp3) is 0.143. The quantitative estimate of drug-likeness (QED) is 0.668. The number of ether oxygens (including phenoxy) is 1. The summed E-state index contributed by atoms with van der Waals surface area (Å²) in [6.45, 7) is 0.0973. The van der Waals surface area contributed by atoms with Gasteiger partial charge in [-0.05, 0) is 23.8 Å². The summed E-state index contributed by atoms with van der Waals surface area (Å²) in [6.07, 6.45) is 3.10. The average Bonchev–Trinajstić information content (AvgIpc) is 2.69. The number of nitrogens with one attached hydrogen (secondary N) is 1. The Kier molecular flexibility index (Phi) is 5.35. The van der Waals surface area contributed by atoms with E-state index in [0.29, 0.717) is 16.7 Å². The molecule has 0 saturated carbocycles. The molecule has 3 rings (SSSR count). The van der Waals surface area contributed by atoms with Gasteiger partial charge in [0, 0.05) is 17.1 Å². The van der Waals surface area contributed by atoms with Gasteiger partial charge in [0.25, 0.3) is 5.56 Å². The number of methoxy groups -OCH3 is 1. The predicted molar refractivity (Wildman–Crippen MR) is 105 cm³/mol. The first-order valence-electron chi connectivity index (χ1n) is 8.46. The highest BCUT2D eigenvalue weighted by molar-refractivity contribution is 6.06. The topological polar surface area (TPSA) is 71.2 Å².